The van der Waals surface area contributed by atoms with Gasteiger partial charge in [0.15, 0.2) is 0 Å². The van der Waals surface area contributed by atoms with Crippen LogP contribution in [0.1, 0.15) is 51.1 Å². The Labute approximate surface area is 114 Å². The zero-order valence-corrected chi connectivity index (χ0v) is 11.9. The normalized spacial score (nSPS) is 25.4. The van der Waals surface area contributed by atoms with Crippen LogP contribution >= 0.6 is 0 Å². The van der Waals surface area contributed by atoms with Gasteiger partial charge in [0.1, 0.15) is 0 Å². The number of rotatable bonds is 3. The Hall–Kier alpha value is -1.32. The summed E-state index contributed by atoms with van der Waals surface area (Å²) >= 11 is 0. The van der Waals surface area contributed by atoms with Gasteiger partial charge in [0.2, 0.25) is 5.91 Å². The highest BCUT2D eigenvalue weighted by Gasteiger charge is 2.52. The van der Waals surface area contributed by atoms with Crippen LogP contribution in [0.4, 0.5) is 0 Å². The molecule has 1 atom stereocenters. The van der Waals surface area contributed by atoms with Crippen molar-refractivity contribution >= 4 is 5.91 Å². The topological polar surface area (TPSA) is 46.9 Å². The summed E-state index contributed by atoms with van der Waals surface area (Å²) in [4.78, 5) is 12.3. The minimum atomic E-state index is -0.144. The molecule has 2 heterocycles. The lowest BCUT2D eigenvalue weighted by Gasteiger charge is -2.28. The number of hydrogen-bond acceptors (Lipinski definition) is 2. The molecule has 1 spiro atoms. The van der Waals surface area contributed by atoms with E-state index in [1.54, 1.807) is 0 Å². The smallest absolute Gasteiger partial charge is 0.226 e. The zero-order chi connectivity index (χ0) is 13.5. The summed E-state index contributed by atoms with van der Waals surface area (Å²) in [5, 5.41) is 7.55. The molecule has 1 aliphatic carbocycles. The van der Waals surface area contributed by atoms with Crippen molar-refractivity contribution in [2.45, 2.75) is 52.0 Å². The van der Waals surface area contributed by atoms with Crippen LogP contribution in [0, 0.1) is 11.3 Å². The maximum Gasteiger partial charge on any atom is 0.226 e. The van der Waals surface area contributed by atoms with Crippen LogP contribution in [0.25, 0.3) is 0 Å². The molecule has 0 aromatic carbocycles. The molecule has 0 bridgehead atoms. The molecule has 1 amide bonds. The van der Waals surface area contributed by atoms with Crippen molar-refractivity contribution in [1.82, 2.24) is 15.1 Å². The SMILES string of the molecule is CC(C)Cn1nccc1C1CNC(=O)C12CCCC2. The molecule has 104 valence electrons. The molecule has 1 aromatic rings. The maximum atomic E-state index is 12.3. The Balaban J connectivity index is 1.93. The van der Waals surface area contributed by atoms with Crippen LogP contribution in [0.15, 0.2) is 12.3 Å². The van der Waals surface area contributed by atoms with E-state index in [1.807, 2.05) is 6.20 Å². The molecular weight excluding hydrogens is 238 g/mol. The van der Waals surface area contributed by atoms with E-state index in [2.05, 4.69) is 35.0 Å². The Morgan fingerprint density at radius 2 is 2.21 bits per heavy atom. The predicted molar refractivity (Wildman–Crippen MR) is 73.7 cm³/mol. The highest BCUT2D eigenvalue weighted by molar-refractivity contribution is 5.86. The molecule has 1 N–H and O–H groups in total. The third-order valence-corrected chi connectivity index (χ3v) is 4.73. The van der Waals surface area contributed by atoms with Crippen LogP contribution in [-0.2, 0) is 11.3 Å². The summed E-state index contributed by atoms with van der Waals surface area (Å²) in [7, 11) is 0. The Bertz CT molecular complexity index is 471. The molecule has 1 saturated heterocycles. The van der Waals surface area contributed by atoms with Crippen molar-refractivity contribution in [2.24, 2.45) is 11.3 Å². The van der Waals surface area contributed by atoms with Crippen molar-refractivity contribution in [3.05, 3.63) is 18.0 Å². The summed E-state index contributed by atoms with van der Waals surface area (Å²) in [6, 6.07) is 2.10. The van der Waals surface area contributed by atoms with Crippen LogP contribution in [0.3, 0.4) is 0 Å². The molecule has 2 aliphatic rings. The van der Waals surface area contributed by atoms with Gasteiger partial charge in [-0.2, -0.15) is 5.10 Å². The van der Waals surface area contributed by atoms with E-state index in [0.717, 1.165) is 25.9 Å². The van der Waals surface area contributed by atoms with Crippen molar-refractivity contribution in [3.8, 4) is 0 Å². The number of nitrogens with one attached hydrogen (secondary N) is 1. The second kappa shape index (κ2) is 4.66. The van der Waals surface area contributed by atoms with Gasteiger partial charge in [-0.15, -0.1) is 0 Å². The summed E-state index contributed by atoms with van der Waals surface area (Å²) in [6.45, 7) is 6.12. The average Bonchev–Trinajstić information content (AvgIpc) is 3.04. The first-order valence-electron chi connectivity index (χ1n) is 7.43. The molecule has 1 aromatic heterocycles. The molecular formula is C15H23N3O. The second-order valence-electron chi connectivity index (χ2n) is 6.46. The molecule has 4 nitrogen and oxygen atoms in total. The van der Waals surface area contributed by atoms with Gasteiger partial charge in [-0.1, -0.05) is 26.7 Å². The van der Waals surface area contributed by atoms with Crippen molar-refractivity contribution in [3.63, 3.8) is 0 Å². The van der Waals surface area contributed by atoms with E-state index in [1.165, 1.54) is 18.5 Å². The van der Waals surface area contributed by atoms with E-state index in [9.17, 15) is 4.79 Å². The van der Waals surface area contributed by atoms with Crippen LogP contribution in [-0.4, -0.2) is 22.2 Å². The van der Waals surface area contributed by atoms with Gasteiger partial charge < -0.3 is 5.32 Å². The number of carbonyl (C=O) groups is 1. The second-order valence-corrected chi connectivity index (χ2v) is 6.46. The zero-order valence-electron chi connectivity index (χ0n) is 11.9. The fourth-order valence-corrected chi connectivity index (χ4v) is 3.83. The van der Waals surface area contributed by atoms with Gasteiger partial charge in [-0.25, -0.2) is 0 Å². The third kappa shape index (κ3) is 1.97. The fraction of sp³-hybridized carbons (Fsp3) is 0.733. The number of amides is 1. The summed E-state index contributed by atoms with van der Waals surface area (Å²) in [5.41, 5.74) is 1.10. The van der Waals surface area contributed by atoms with Gasteiger partial charge in [-0.05, 0) is 24.8 Å². The highest BCUT2D eigenvalue weighted by atomic mass is 16.2. The van der Waals surface area contributed by atoms with E-state index in [-0.39, 0.29) is 11.3 Å². The lowest BCUT2D eigenvalue weighted by atomic mass is 9.74. The van der Waals surface area contributed by atoms with Crippen molar-refractivity contribution in [1.29, 1.82) is 0 Å². The molecule has 19 heavy (non-hydrogen) atoms. The molecule has 1 aliphatic heterocycles. The fourth-order valence-electron chi connectivity index (χ4n) is 3.83. The molecule has 3 rings (SSSR count). The van der Waals surface area contributed by atoms with E-state index < -0.39 is 0 Å². The average molecular weight is 261 g/mol. The lowest BCUT2D eigenvalue weighted by Crippen LogP contribution is -2.32. The molecule has 0 radical (unpaired) electrons. The Morgan fingerprint density at radius 1 is 1.47 bits per heavy atom. The van der Waals surface area contributed by atoms with Gasteiger partial charge in [-0.3, -0.25) is 9.48 Å². The predicted octanol–water partition coefficient (Wildman–Crippen LogP) is 2.31. The van der Waals surface area contributed by atoms with E-state index >= 15 is 0 Å². The Morgan fingerprint density at radius 3 is 2.89 bits per heavy atom. The molecule has 1 unspecified atom stereocenters. The minimum absolute atomic E-state index is 0.144. The van der Waals surface area contributed by atoms with Crippen molar-refractivity contribution in [2.75, 3.05) is 6.54 Å². The molecule has 2 fully saturated rings. The van der Waals surface area contributed by atoms with Crippen LogP contribution in [0.5, 0.6) is 0 Å². The number of hydrogen-bond donors (Lipinski definition) is 1. The van der Waals surface area contributed by atoms with Gasteiger partial charge in [0, 0.05) is 30.9 Å². The largest absolute Gasteiger partial charge is 0.355 e. The van der Waals surface area contributed by atoms with Crippen LogP contribution in [0.2, 0.25) is 0 Å². The lowest BCUT2D eigenvalue weighted by molar-refractivity contribution is -0.127. The van der Waals surface area contributed by atoms with E-state index in [0.29, 0.717) is 11.8 Å². The Kier molecular flexibility index (Phi) is 3.11. The summed E-state index contributed by atoms with van der Waals surface area (Å²) < 4.78 is 2.11. The number of carbonyl (C=O) groups excluding carboxylic acids is 1. The molecule has 4 heteroatoms. The van der Waals surface area contributed by atoms with E-state index in [4.69, 9.17) is 0 Å². The van der Waals surface area contributed by atoms with Gasteiger partial charge >= 0.3 is 0 Å². The van der Waals surface area contributed by atoms with Gasteiger partial charge in [0.25, 0.3) is 0 Å². The third-order valence-electron chi connectivity index (χ3n) is 4.73. The first-order valence-corrected chi connectivity index (χ1v) is 7.43. The molecule has 1 saturated carbocycles. The number of aromatic nitrogens is 2. The quantitative estimate of drug-likeness (QED) is 0.907. The monoisotopic (exact) mass is 261 g/mol. The van der Waals surface area contributed by atoms with Crippen molar-refractivity contribution < 1.29 is 4.79 Å². The number of nitrogens with zero attached hydrogens (tertiary/aromatic N) is 2. The maximum absolute atomic E-state index is 12.3. The van der Waals surface area contributed by atoms with Crippen LogP contribution < -0.4 is 5.32 Å². The standard InChI is InChI=1S/C15H23N3O/c1-11(2)10-18-13(5-8-17-18)12-9-16-14(19)15(12)6-3-4-7-15/h5,8,11-12H,3-4,6-7,9-10H2,1-2H3,(H,16,19). The highest BCUT2D eigenvalue weighted by Crippen LogP contribution is 2.51. The summed E-state index contributed by atoms with van der Waals surface area (Å²) in [6.07, 6.45) is 6.32. The first kappa shape index (κ1) is 12.7. The summed E-state index contributed by atoms with van der Waals surface area (Å²) in [5.74, 6) is 1.15. The van der Waals surface area contributed by atoms with Gasteiger partial charge in [0.05, 0.1) is 5.41 Å². The first-order chi connectivity index (χ1) is 9.13. The minimum Gasteiger partial charge on any atom is -0.355 e.